The molecule has 3 aromatic rings. The fourth-order valence-corrected chi connectivity index (χ4v) is 3.78. The lowest BCUT2D eigenvalue weighted by atomic mass is 10.1. The van der Waals surface area contributed by atoms with E-state index in [0.29, 0.717) is 34.2 Å². The Bertz CT molecular complexity index is 1190. The third-order valence-electron chi connectivity index (χ3n) is 4.57. The molecule has 0 aliphatic carbocycles. The number of benzene rings is 3. The van der Waals surface area contributed by atoms with Crippen molar-refractivity contribution >= 4 is 45.5 Å². The number of carbonyl (C=O) groups excluding carboxylic acids is 1. The first-order valence-corrected chi connectivity index (χ1v) is 11.1. The highest BCUT2D eigenvalue weighted by Crippen LogP contribution is 2.38. The van der Waals surface area contributed by atoms with Gasteiger partial charge in [-0.25, -0.2) is 9.79 Å². The van der Waals surface area contributed by atoms with Gasteiger partial charge in [-0.2, -0.15) is 0 Å². The van der Waals surface area contributed by atoms with Gasteiger partial charge in [0.2, 0.25) is 5.90 Å². The Kier molecular flexibility index (Phi) is 6.93. The molecule has 1 aliphatic rings. The van der Waals surface area contributed by atoms with Crippen LogP contribution in [0.1, 0.15) is 23.6 Å². The molecule has 7 heteroatoms. The van der Waals surface area contributed by atoms with Gasteiger partial charge in [0.05, 0.1) is 11.1 Å². The monoisotopic (exact) mass is 511 g/mol. The Balaban J connectivity index is 1.60. The van der Waals surface area contributed by atoms with Crippen molar-refractivity contribution < 1.29 is 19.0 Å². The van der Waals surface area contributed by atoms with E-state index in [9.17, 15) is 4.79 Å². The Morgan fingerprint density at radius 2 is 1.81 bits per heavy atom. The smallest absolute Gasteiger partial charge is 0.363 e. The minimum Gasteiger partial charge on any atom is -0.490 e. The molecule has 0 unspecified atom stereocenters. The second kappa shape index (κ2) is 10.0. The molecule has 0 amide bonds. The lowest BCUT2D eigenvalue weighted by molar-refractivity contribution is -0.129. The van der Waals surface area contributed by atoms with Gasteiger partial charge in [-0.1, -0.05) is 41.9 Å². The molecule has 0 radical (unpaired) electrons. The van der Waals surface area contributed by atoms with Crippen LogP contribution >= 0.6 is 27.5 Å². The van der Waals surface area contributed by atoms with E-state index >= 15 is 0 Å². The van der Waals surface area contributed by atoms with E-state index in [4.69, 9.17) is 25.8 Å². The number of carbonyl (C=O) groups is 1. The number of rotatable bonds is 7. The van der Waals surface area contributed by atoms with Gasteiger partial charge in [0.15, 0.2) is 17.2 Å². The van der Waals surface area contributed by atoms with Crippen LogP contribution < -0.4 is 9.47 Å². The van der Waals surface area contributed by atoms with Crippen molar-refractivity contribution in [2.45, 2.75) is 13.5 Å². The molecule has 0 N–H and O–H groups in total. The first-order valence-electron chi connectivity index (χ1n) is 9.95. The highest BCUT2D eigenvalue weighted by Gasteiger charge is 2.24. The average Bonchev–Trinajstić information content (AvgIpc) is 3.15. The van der Waals surface area contributed by atoms with E-state index < -0.39 is 5.97 Å². The summed E-state index contributed by atoms with van der Waals surface area (Å²) in [6.45, 7) is 2.71. The van der Waals surface area contributed by atoms with Crippen molar-refractivity contribution in [3.05, 3.63) is 98.6 Å². The second-order valence-corrected chi connectivity index (χ2v) is 8.17. The van der Waals surface area contributed by atoms with E-state index in [1.54, 1.807) is 6.08 Å². The van der Waals surface area contributed by atoms with Crippen molar-refractivity contribution in [2.24, 2.45) is 4.99 Å². The van der Waals surface area contributed by atoms with Gasteiger partial charge in [0.1, 0.15) is 6.61 Å². The van der Waals surface area contributed by atoms with Crippen LogP contribution in [-0.4, -0.2) is 18.5 Å². The fraction of sp³-hybridized carbons (Fsp3) is 0.120. The van der Waals surface area contributed by atoms with Gasteiger partial charge in [0.25, 0.3) is 0 Å². The molecule has 162 valence electrons. The molecule has 0 spiro atoms. The van der Waals surface area contributed by atoms with Crippen LogP contribution in [0.4, 0.5) is 0 Å². The number of esters is 1. The molecule has 5 nitrogen and oxygen atoms in total. The summed E-state index contributed by atoms with van der Waals surface area (Å²) in [5, 5.41) is 0.672. The highest BCUT2D eigenvalue weighted by atomic mass is 79.9. The maximum absolute atomic E-state index is 12.3. The second-order valence-electron chi connectivity index (χ2n) is 6.88. The van der Waals surface area contributed by atoms with E-state index in [1.807, 2.05) is 73.7 Å². The first kappa shape index (κ1) is 22.1. The Labute approximate surface area is 199 Å². The number of ether oxygens (including phenoxy) is 3. The molecular weight excluding hydrogens is 494 g/mol. The number of hydrogen-bond donors (Lipinski definition) is 0. The average molecular weight is 513 g/mol. The molecule has 0 fully saturated rings. The normalized spacial score (nSPS) is 14.3. The SMILES string of the molecule is CCOc1cc(/C=C2\N=C(c3ccccc3)OC2=O)cc(Br)c1OCc1ccc(Cl)cc1. The van der Waals surface area contributed by atoms with Crippen LogP contribution in [-0.2, 0) is 16.1 Å². The topological polar surface area (TPSA) is 57.1 Å². The predicted molar refractivity (Wildman–Crippen MR) is 128 cm³/mol. The van der Waals surface area contributed by atoms with Gasteiger partial charge in [-0.3, -0.25) is 0 Å². The van der Waals surface area contributed by atoms with Gasteiger partial charge in [-0.15, -0.1) is 0 Å². The van der Waals surface area contributed by atoms with Crippen molar-refractivity contribution in [1.29, 1.82) is 0 Å². The van der Waals surface area contributed by atoms with Crippen LogP contribution in [0.25, 0.3) is 6.08 Å². The lowest BCUT2D eigenvalue weighted by Gasteiger charge is -2.15. The minimum absolute atomic E-state index is 0.216. The zero-order chi connectivity index (χ0) is 22.5. The van der Waals surface area contributed by atoms with E-state index in [-0.39, 0.29) is 11.6 Å². The molecule has 3 aromatic carbocycles. The van der Waals surface area contributed by atoms with Crippen LogP contribution in [0.3, 0.4) is 0 Å². The lowest BCUT2D eigenvalue weighted by Crippen LogP contribution is -2.05. The first-order chi connectivity index (χ1) is 15.5. The van der Waals surface area contributed by atoms with Crippen molar-refractivity contribution in [3.8, 4) is 11.5 Å². The van der Waals surface area contributed by atoms with E-state index in [0.717, 1.165) is 16.7 Å². The van der Waals surface area contributed by atoms with Crippen molar-refractivity contribution in [2.75, 3.05) is 6.61 Å². The third kappa shape index (κ3) is 5.21. The molecule has 1 aliphatic heterocycles. The zero-order valence-electron chi connectivity index (χ0n) is 17.2. The molecule has 0 aromatic heterocycles. The predicted octanol–water partition coefficient (Wildman–Crippen LogP) is 6.42. The standard InChI is InChI=1S/C25H19BrClNO4/c1-2-30-22-14-17(12-20(26)23(22)31-15-16-8-10-19(27)11-9-16)13-21-25(29)32-24(28-21)18-6-4-3-5-7-18/h3-14H,2,15H2,1H3/b21-13-. The maximum atomic E-state index is 12.3. The molecule has 4 rings (SSSR count). The molecule has 0 saturated heterocycles. The maximum Gasteiger partial charge on any atom is 0.363 e. The van der Waals surface area contributed by atoms with Crippen LogP contribution in [0.15, 0.2) is 81.9 Å². The highest BCUT2D eigenvalue weighted by molar-refractivity contribution is 9.10. The summed E-state index contributed by atoms with van der Waals surface area (Å²) >= 11 is 9.50. The van der Waals surface area contributed by atoms with Gasteiger partial charge < -0.3 is 14.2 Å². The summed E-state index contributed by atoms with van der Waals surface area (Å²) in [5.41, 5.74) is 2.66. The van der Waals surface area contributed by atoms with E-state index in [2.05, 4.69) is 20.9 Å². The molecule has 0 atom stereocenters. The third-order valence-corrected chi connectivity index (χ3v) is 5.41. The summed E-state index contributed by atoms with van der Waals surface area (Å²) in [6.07, 6.45) is 1.66. The Hall–Kier alpha value is -3.09. The number of cyclic esters (lactones) is 1. The molecular formula is C25H19BrClNO4. The number of aliphatic imine (C=N–C) groups is 1. The van der Waals surface area contributed by atoms with Gasteiger partial charge >= 0.3 is 5.97 Å². The minimum atomic E-state index is -0.499. The summed E-state index contributed by atoms with van der Waals surface area (Å²) in [7, 11) is 0. The van der Waals surface area contributed by atoms with Crippen molar-refractivity contribution in [1.82, 2.24) is 0 Å². The largest absolute Gasteiger partial charge is 0.490 e. The number of hydrogen-bond acceptors (Lipinski definition) is 5. The van der Waals surface area contributed by atoms with E-state index in [1.165, 1.54) is 0 Å². The van der Waals surface area contributed by atoms with Crippen LogP contribution in [0.5, 0.6) is 11.5 Å². The summed E-state index contributed by atoms with van der Waals surface area (Å²) < 4.78 is 17.8. The molecule has 0 saturated carbocycles. The van der Waals surface area contributed by atoms with Gasteiger partial charge in [0, 0.05) is 10.6 Å². The number of nitrogens with zero attached hydrogens (tertiary/aromatic N) is 1. The molecule has 1 heterocycles. The fourth-order valence-electron chi connectivity index (χ4n) is 3.08. The van der Waals surface area contributed by atoms with Crippen LogP contribution in [0, 0.1) is 0 Å². The summed E-state index contributed by atoms with van der Waals surface area (Å²) in [5.74, 6) is 0.919. The zero-order valence-corrected chi connectivity index (χ0v) is 19.5. The Morgan fingerprint density at radius 3 is 2.53 bits per heavy atom. The summed E-state index contributed by atoms with van der Waals surface area (Å²) in [6, 6.07) is 20.4. The van der Waals surface area contributed by atoms with Gasteiger partial charge in [-0.05, 0) is 76.5 Å². The molecule has 32 heavy (non-hydrogen) atoms. The summed E-state index contributed by atoms with van der Waals surface area (Å²) in [4.78, 5) is 16.7. The van der Waals surface area contributed by atoms with Crippen LogP contribution in [0.2, 0.25) is 5.02 Å². The Morgan fingerprint density at radius 1 is 1.06 bits per heavy atom. The number of halogens is 2. The quantitative estimate of drug-likeness (QED) is 0.271. The molecule has 0 bridgehead atoms. The van der Waals surface area contributed by atoms with Crippen molar-refractivity contribution in [3.63, 3.8) is 0 Å².